The molecule has 3 aliphatic heterocycles. The molecule has 0 aromatic rings. The maximum atomic E-state index is 6.38. The van der Waals surface area contributed by atoms with Crippen LogP contribution in [0.25, 0.3) is 0 Å². The highest BCUT2D eigenvalue weighted by Crippen LogP contribution is 2.36. The minimum atomic E-state index is 0.363. The van der Waals surface area contributed by atoms with Crippen LogP contribution in [0.3, 0.4) is 0 Å². The Hall–Kier alpha value is -0.160. The van der Waals surface area contributed by atoms with Gasteiger partial charge >= 0.3 is 0 Å². The van der Waals surface area contributed by atoms with Crippen molar-refractivity contribution in [2.24, 2.45) is 5.92 Å². The minimum Gasteiger partial charge on any atom is -0.372 e. The van der Waals surface area contributed by atoms with Gasteiger partial charge in [-0.15, -0.1) is 0 Å². The minimum absolute atomic E-state index is 0.363. The van der Waals surface area contributed by atoms with Gasteiger partial charge in [0.2, 0.25) is 0 Å². The van der Waals surface area contributed by atoms with E-state index in [9.17, 15) is 0 Å². The fraction of sp³-hybridized carbons (Fsp3) is 1.00. The van der Waals surface area contributed by atoms with Gasteiger partial charge in [0.25, 0.3) is 0 Å². The molecule has 1 unspecified atom stereocenters. The summed E-state index contributed by atoms with van der Waals surface area (Å²) >= 11 is 0. The van der Waals surface area contributed by atoms with E-state index in [0.717, 1.165) is 55.9 Å². The van der Waals surface area contributed by atoms with E-state index in [2.05, 4.69) is 21.0 Å². The van der Waals surface area contributed by atoms with Crippen LogP contribution in [0.4, 0.5) is 0 Å². The van der Waals surface area contributed by atoms with Gasteiger partial charge in [0, 0.05) is 12.3 Å². The molecule has 0 saturated carbocycles. The summed E-state index contributed by atoms with van der Waals surface area (Å²) in [6.07, 6.45) is 7.41. The van der Waals surface area contributed by atoms with Gasteiger partial charge in [-0.05, 0) is 32.6 Å². The Morgan fingerprint density at radius 1 is 1.00 bits per heavy atom. The summed E-state index contributed by atoms with van der Waals surface area (Å²) < 4.78 is 14.3. The fourth-order valence-electron chi connectivity index (χ4n) is 5.36. The van der Waals surface area contributed by atoms with E-state index >= 15 is 0 Å². The number of hydrogen-bond donors (Lipinski definition) is 0. The smallest absolute Gasteiger partial charge is 0.105 e. The monoisotopic (exact) mass is 326 g/mol. The molecule has 3 heterocycles. The third-order valence-corrected chi connectivity index (χ3v) is 6.85. The lowest BCUT2D eigenvalue weighted by Crippen LogP contribution is -2.61. The Kier molecular flexibility index (Phi) is 5.67. The van der Waals surface area contributed by atoms with Crippen molar-refractivity contribution in [2.75, 3.05) is 66.6 Å². The summed E-state index contributed by atoms with van der Waals surface area (Å²) in [5, 5.41) is 0. The number of piperidine rings is 2. The second-order valence-corrected chi connectivity index (χ2v) is 8.90. The summed E-state index contributed by atoms with van der Waals surface area (Å²) in [5.74, 6) is 0.784. The molecule has 0 aliphatic carbocycles. The van der Waals surface area contributed by atoms with Crippen LogP contribution >= 0.6 is 0 Å². The molecule has 3 fully saturated rings. The van der Waals surface area contributed by atoms with E-state index in [4.69, 9.17) is 9.47 Å². The molecule has 134 valence electrons. The Morgan fingerprint density at radius 2 is 1.74 bits per heavy atom. The molecule has 0 aromatic heterocycles. The van der Waals surface area contributed by atoms with Gasteiger partial charge in [0.15, 0.2) is 0 Å². The van der Waals surface area contributed by atoms with Crippen molar-refractivity contribution >= 4 is 0 Å². The average molecular weight is 327 g/mol. The van der Waals surface area contributed by atoms with Crippen LogP contribution < -0.4 is 0 Å². The summed E-state index contributed by atoms with van der Waals surface area (Å²) in [7, 11) is 4.86. The second-order valence-electron chi connectivity index (χ2n) is 8.90. The third-order valence-electron chi connectivity index (χ3n) is 6.85. The molecule has 3 rings (SSSR count). The standard InChI is InChI=1S/C19H38N2O2/c1-17(15-20(2)11-13-22-14-12-20)23-16-18-7-6-10-21(3)9-5-4-8-19(18)21/h17-19H,4-16H2,1-3H3/q+2/t17-,18+,19+,21?/m1/s1. The van der Waals surface area contributed by atoms with Crippen molar-refractivity contribution in [1.29, 1.82) is 0 Å². The zero-order valence-electron chi connectivity index (χ0n) is 15.6. The van der Waals surface area contributed by atoms with Crippen LogP contribution in [-0.4, -0.2) is 87.8 Å². The van der Waals surface area contributed by atoms with Crippen LogP contribution in [0, 0.1) is 5.92 Å². The Morgan fingerprint density at radius 3 is 2.52 bits per heavy atom. The quantitative estimate of drug-likeness (QED) is 0.722. The maximum absolute atomic E-state index is 6.38. The lowest BCUT2D eigenvalue weighted by Gasteiger charge is -2.51. The van der Waals surface area contributed by atoms with Gasteiger partial charge in [-0.2, -0.15) is 0 Å². The summed E-state index contributed by atoms with van der Waals surface area (Å²) in [6.45, 7) is 11.3. The third kappa shape index (κ3) is 4.28. The van der Waals surface area contributed by atoms with E-state index < -0.39 is 0 Å². The zero-order valence-corrected chi connectivity index (χ0v) is 15.6. The van der Waals surface area contributed by atoms with Gasteiger partial charge in [-0.25, -0.2) is 0 Å². The topological polar surface area (TPSA) is 18.5 Å². The Labute approximate surface area is 142 Å². The number of likely N-dealkylation sites (N-methyl/N-ethyl adjacent to an activating group) is 1. The predicted octanol–water partition coefficient (Wildman–Crippen LogP) is 2.28. The number of ether oxygens (including phenoxy) is 2. The van der Waals surface area contributed by atoms with Crippen molar-refractivity contribution in [2.45, 2.75) is 51.2 Å². The van der Waals surface area contributed by atoms with E-state index in [1.807, 2.05) is 0 Å². The van der Waals surface area contributed by atoms with Crippen molar-refractivity contribution in [3.05, 3.63) is 0 Å². The van der Waals surface area contributed by atoms with Gasteiger partial charge in [0.05, 0.1) is 53.0 Å². The van der Waals surface area contributed by atoms with Gasteiger partial charge < -0.3 is 18.4 Å². The lowest BCUT2D eigenvalue weighted by atomic mass is 9.82. The molecule has 0 N–H and O–H groups in total. The zero-order chi connectivity index (χ0) is 16.3. The number of nitrogens with zero attached hydrogens (tertiary/aromatic N) is 2. The first-order valence-corrected chi connectivity index (χ1v) is 9.88. The molecule has 0 aromatic carbocycles. The number of quaternary nitrogens is 2. The van der Waals surface area contributed by atoms with E-state index in [1.165, 1.54) is 49.7 Å². The first-order valence-electron chi connectivity index (χ1n) is 9.88. The average Bonchev–Trinajstić information content (AvgIpc) is 2.52. The summed E-state index contributed by atoms with van der Waals surface area (Å²) in [4.78, 5) is 0. The summed E-state index contributed by atoms with van der Waals surface area (Å²) in [6, 6.07) is 0.859. The molecule has 3 aliphatic rings. The highest BCUT2D eigenvalue weighted by molar-refractivity contribution is 4.79. The van der Waals surface area contributed by atoms with Crippen LogP contribution in [-0.2, 0) is 9.47 Å². The van der Waals surface area contributed by atoms with Crippen LogP contribution in [0.15, 0.2) is 0 Å². The number of rotatable bonds is 5. The van der Waals surface area contributed by atoms with Gasteiger partial charge in [-0.3, -0.25) is 0 Å². The molecule has 4 nitrogen and oxygen atoms in total. The second kappa shape index (κ2) is 7.38. The number of hydrogen-bond acceptors (Lipinski definition) is 2. The van der Waals surface area contributed by atoms with E-state index in [0.29, 0.717) is 6.10 Å². The van der Waals surface area contributed by atoms with Crippen molar-refractivity contribution in [1.82, 2.24) is 0 Å². The Bertz CT molecular complexity index is 380. The number of fused-ring (bicyclic) bond motifs is 1. The molecule has 0 spiro atoms. The van der Waals surface area contributed by atoms with Crippen molar-refractivity contribution < 1.29 is 18.4 Å². The molecule has 4 atom stereocenters. The largest absolute Gasteiger partial charge is 0.372 e. The van der Waals surface area contributed by atoms with Gasteiger partial charge in [-0.1, -0.05) is 0 Å². The Balaban J connectivity index is 1.49. The van der Waals surface area contributed by atoms with Crippen molar-refractivity contribution in [3.63, 3.8) is 0 Å². The molecule has 23 heavy (non-hydrogen) atoms. The SMILES string of the molecule is C[C@H](C[N+]1(C)CCOCC1)OC[C@@H]1CCC[N+]2(C)CCCC[C@@H]12. The van der Waals surface area contributed by atoms with E-state index in [1.54, 1.807) is 0 Å². The highest BCUT2D eigenvalue weighted by Gasteiger charge is 2.43. The van der Waals surface area contributed by atoms with Crippen LogP contribution in [0.5, 0.6) is 0 Å². The van der Waals surface area contributed by atoms with Crippen LogP contribution in [0.1, 0.15) is 39.0 Å². The molecule has 0 radical (unpaired) electrons. The van der Waals surface area contributed by atoms with Crippen LogP contribution in [0.2, 0.25) is 0 Å². The molecule has 0 bridgehead atoms. The molecule has 0 amide bonds. The summed E-state index contributed by atoms with van der Waals surface area (Å²) in [5.41, 5.74) is 0. The maximum Gasteiger partial charge on any atom is 0.105 e. The number of morpholine rings is 1. The first kappa shape index (κ1) is 17.7. The van der Waals surface area contributed by atoms with Crippen molar-refractivity contribution in [3.8, 4) is 0 Å². The molecular formula is C19H38N2O2+2. The lowest BCUT2D eigenvalue weighted by molar-refractivity contribution is -0.947. The molecular weight excluding hydrogens is 288 g/mol. The first-order chi connectivity index (χ1) is 11.0. The fourth-order valence-corrected chi connectivity index (χ4v) is 5.36. The predicted molar refractivity (Wildman–Crippen MR) is 93.3 cm³/mol. The molecule has 4 heteroatoms. The van der Waals surface area contributed by atoms with Gasteiger partial charge in [0.1, 0.15) is 25.7 Å². The normalized spacial score (nSPS) is 38.7. The molecule has 3 saturated heterocycles. The van der Waals surface area contributed by atoms with E-state index in [-0.39, 0.29) is 0 Å². The highest BCUT2D eigenvalue weighted by atomic mass is 16.5.